The van der Waals surface area contributed by atoms with Crippen molar-refractivity contribution < 1.29 is 0 Å². The largest absolute Gasteiger partial charge is 0.205 e. The summed E-state index contributed by atoms with van der Waals surface area (Å²) >= 11 is 0. The zero-order valence-corrected chi connectivity index (χ0v) is 6.21. The van der Waals surface area contributed by atoms with E-state index in [0.717, 1.165) is 0 Å². The summed E-state index contributed by atoms with van der Waals surface area (Å²) in [7, 11) is 0. The Labute approximate surface area is 61.8 Å². The topological polar surface area (TPSA) is 36.2 Å². The molecule has 0 aromatic heterocycles. The Hall–Kier alpha value is -0.660. The molecule has 0 atom stereocenters. The fourth-order valence-electron chi connectivity index (χ4n) is 1.49. The second-order valence-electron chi connectivity index (χ2n) is 2.87. The molecule has 1 rings (SSSR count). The van der Waals surface area contributed by atoms with Crippen molar-refractivity contribution >= 4 is 0 Å². The van der Waals surface area contributed by atoms with E-state index in [1.54, 1.807) is 6.20 Å². The summed E-state index contributed by atoms with van der Waals surface area (Å²) in [5.74, 6) is 0.711. The van der Waals surface area contributed by atoms with Crippen LogP contribution in [0.2, 0.25) is 0 Å². The van der Waals surface area contributed by atoms with E-state index in [4.69, 9.17) is 5.53 Å². The molecule has 0 bridgehead atoms. The van der Waals surface area contributed by atoms with Gasteiger partial charge in [-0.25, -0.2) is 5.53 Å². The van der Waals surface area contributed by atoms with Crippen LogP contribution in [-0.2, 0) is 0 Å². The number of allylic oxidation sites excluding steroid dienone is 1. The van der Waals surface area contributed by atoms with Crippen LogP contribution in [-0.4, -0.2) is 0 Å². The first-order valence-corrected chi connectivity index (χ1v) is 3.96. The molecule has 1 saturated carbocycles. The van der Waals surface area contributed by atoms with Crippen molar-refractivity contribution in [2.45, 2.75) is 32.1 Å². The molecular formula is C8H14N2. The predicted octanol–water partition coefficient (Wildman–Crippen LogP) is 3.11. The maximum absolute atomic E-state index is 6.56. The molecule has 1 N–H and O–H groups in total. The van der Waals surface area contributed by atoms with E-state index in [1.165, 1.54) is 32.1 Å². The molecule has 56 valence electrons. The Morgan fingerprint density at radius 3 is 2.50 bits per heavy atom. The van der Waals surface area contributed by atoms with Gasteiger partial charge in [0.1, 0.15) is 0 Å². The van der Waals surface area contributed by atoms with Crippen LogP contribution in [0.25, 0.3) is 0 Å². The van der Waals surface area contributed by atoms with Crippen molar-refractivity contribution in [1.82, 2.24) is 0 Å². The zero-order chi connectivity index (χ0) is 7.23. The van der Waals surface area contributed by atoms with Gasteiger partial charge in [0.2, 0.25) is 0 Å². The Morgan fingerprint density at radius 1 is 1.20 bits per heavy atom. The average Bonchev–Trinajstić information content (AvgIpc) is 2.03. The first-order valence-electron chi connectivity index (χ1n) is 3.96. The minimum atomic E-state index is 0.711. The lowest BCUT2D eigenvalue weighted by Crippen LogP contribution is -2.01. The smallest absolute Gasteiger partial charge is 0.0451 e. The number of nitrogens with zero attached hydrogens (tertiary/aromatic N) is 1. The third-order valence-electron chi connectivity index (χ3n) is 2.08. The molecule has 0 spiro atoms. The van der Waals surface area contributed by atoms with Crippen LogP contribution < -0.4 is 0 Å². The quantitative estimate of drug-likeness (QED) is 0.569. The molecular weight excluding hydrogens is 124 g/mol. The number of rotatable bonds is 2. The fraction of sp³-hybridized carbons (Fsp3) is 0.750. The van der Waals surface area contributed by atoms with E-state index >= 15 is 0 Å². The summed E-state index contributed by atoms with van der Waals surface area (Å²) in [5, 5.41) is 3.20. The van der Waals surface area contributed by atoms with Crippen molar-refractivity contribution in [3.63, 3.8) is 0 Å². The lowest BCUT2D eigenvalue weighted by atomic mass is 9.89. The standard InChI is InChI=1S/C8H14N2/c9-10-7-6-8-4-2-1-3-5-8/h6-9H,1-5H2. The van der Waals surface area contributed by atoms with Crippen molar-refractivity contribution in [3.8, 4) is 0 Å². The number of hydrogen-bond acceptors (Lipinski definition) is 2. The van der Waals surface area contributed by atoms with E-state index in [0.29, 0.717) is 5.92 Å². The summed E-state index contributed by atoms with van der Waals surface area (Å²) in [4.78, 5) is 0. The van der Waals surface area contributed by atoms with E-state index in [2.05, 4.69) is 11.2 Å². The van der Waals surface area contributed by atoms with Gasteiger partial charge in [0.15, 0.2) is 0 Å². The maximum Gasteiger partial charge on any atom is 0.0451 e. The molecule has 0 amide bonds. The highest BCUT2D eigenvalue weighted by molar-refractivity contribution is 4.87. The van der Waals surface area contributed by atoms with Gasteiger partial charge >= 0.3 is 0 Å². The molecule has 0 radical (unpaired) electrons. The first kappa shape index (κ1) is 7.45. The summed E-state index contributed by atoms with van der Waals surface area (Å²) in [6, 6.07) is 0. The number of hydrogen-bond donors (Lipinski definition) is 1. The Bertz CT molecular complexity index is 123. The molecule has 0 aromatic rings. The third kappa shape index (κ3) is 2.29. The molecule has 2 nitrogen and oxygen atoms in total. The molecule has 0 unspecified atom stereocenters. The second-order valence-corrected chi connectivity index (χ2v) is 2.87. The number of nitrogens with one attached hydrogen (secondary N) is 1. The molecule has 1 fully saturated rings. The van der Waals surface area contributed by atoms with Crippen LogP contribution in [0.3, 0.4) is 0 Å². The van der Waals surface area contributed by atoms with E-state index < -0.39 is 0 Å². The lowest BCUT2D eigenvalue weighted by Gasteiger charge is -2.16. The molecule has 2 heteroatoms. The van der Waals surface area contributed by atoms with E-state index in [-0.39, 0.29) is 0 Å². The maximum atomic E-state index is 6.56. The summed E-state index contributed by atoms with van der Waals surface area (Å²) in [6.45, 7) is 0. The summed E-state index contributed by atoms with van der Waals surface area (Å²) < 4.78 is 0. The molecule has 0 heterocycles. The Balaban J connectivity index is 2.25. The van der Waals surface area contributed by atoms with Gasteiger partial charge < -0.3 is 0 Å². The van der Waals surface area contributed by atoms with Crippen LogP contribution in [0.15, 0.2) is 17.4 Å². The minimum Gasteiger partial charge on any atom is -0.205 e. The van der Waals surface area contributed by atoms with E-state index in [1.807, 2.05) is 0 Å². The van der Waals surface area contributed by atoms with Gasteiger partial charge in [0.05, 0.1) is 0 Å². The van der Waals surface area contributed by atoms with Crippen molar-refractivity contribution in [3.05, 3.63) is 12.3 Å². The van der Waals surface area contributed by atoms with Crippen LogP contribution >= 0.6 is 0 Å². The third-order valence-corrected chi connectivity index (χ3v) is 2.08. The van der Waals surface area contributed by atoms with Crippen LogP contribution in [0.1, 0.15) is 32.1 Å². The fourth-order valence-corrected chi connectivity index (χ4v) is 1.49. The van der Waals surface area contributed by atoms with Gasteiger partial charge in [-0.1, -0.05) is 25.3 Å². The van der Waals surface area contributed by atoms with Crippen LogP contribution in [0.5, 0.6) is 0 Å². The van der Waals surface area contributed by atoms with Crippen molar-refractivity contribution in [2.24, 2.45) is 11.0 Å². The Kier molecular flexibility index (Phi) is 3.13. The SMILES string of the molecule is N=NC=CC1CCCCC1. The molecule has 0 aliphatic heterocycles. The minimum absolute atomic E-state index is 0.711. The predicted molar refractivity (Wildman–Crippen MR) is 40.9 cm³/mol. The monoisotopic (exact) mass is 138 g/mol. The highest BCUT2D eigenvalue weighted by Crippen LogP contribution is 2.24. The van der Waals surface area contributed by atoms with E-state index in [9.17, 15) is 0 Å². The second kappa shape index (κ2) is 4.20. The van der Waals surface area contributed by atoms with Crippen molar-refractivity contribution in [2.75, 3.05) is 0 Å². The molecule has 0 saturated heterocycles. The highest BCUT2D eigenvalue weighted by atomic mass is 14.9. The average molecular weight is 138 g/mol. The molecule has 0 aromatic carbocycles. The highest BCUT2D eigenvalue weighted by Gasteiger charge is 2.08. The Morgan fingerprint density at radius 2 is 1.90 bits per heavy atom. The summed E-state index contributed by atoms with van der Waals surface area (Å²) in [5.41, 5.74) is 6.56. The van der Waals surface area contributed by atoms with Crippen molar-refractivity contribution in [1.29, 1.82) is 5.53 Å². The van der Waals surface area contributed by atoms with Gasteiger partial charge in [-0.05, 0) is 18.8 Å². The van der Waals surface area contributed by atoms with Gasteiger partial charge in [-0.2, -0.15) is 5.11 Å². The van der Waals surface area contributed by atoms with Crippen LogP contribution in [0.4, 0.5) is 0 Å². The normalized spacial score (nSPS) is 21.6. The zero-order valence-electron chi connectivity index (χ0n) is 6.21. The lowest BCUT2D eigenvalue weighted by molar-refractivity contribution is 0.419. The van der Waals surface area contributed by atoms with Gasteiger partial charge in [-0.3, -0.25) is 0 Å². The molecule has 1 aliphatic rings. The molecule has 10 heavy (non-hydrogen) atoms. The summed E-state index contributed by atoms with van der Waals surface area (Å²) in [6.07, 6.45) is 10.4. The van der Waals surface area contributed by atoms with Gasteiger partial charge in [-0.15, -0.1) is 0 Å². The van der Waals surface area contributed by atoms with Gasteiger partial charge in [0.25, 0.3) is 0 Å². The van der Waals surface area contributed by atoms with Crippen LogP contribution in [0, 0.1) is 11.4 Å². The molecule has 1 aliphatic carbocycles. The van der Waals surface area contributed by atoms with Gasteiger partial charge in [0, 0.05) is 6.20 Å². The first-order chi connectivity index (χ1) is 4.93.